The highest BCUT2D eigenvalue weighted by Gasteiger charge is 1.87. The van der Waals surface area contributed by atoms with Gasteiger partial charge in [-0.1, -0.05) is 44.9 Å². The van der Waals surface area contributed by atoms with Crippen molar-refractivity contribution >= 4 is 11.9 Å². The van der Waals surface area contributed by atoms with Crippen LogP contribution in [0.2, 0.25) is 0 Å². The van der Waals surface area contributed by atoms with E-state index in [4.69, 9.17) is 10.2 Å². The van der Waals surface area contributed by atoms with Crippen LogP contribution in [0.5, 0.6) is 0 Å². The molecule has 96 valence electrons. The molecule has 0 heterocycles. The van der Waals surface area contributed by atoms with E-state index >= 15 is 0 Å². The largest absolute Gasteiger partial charge is 0.868 e. The SMILES string of the molecule is C=CC(=O)O.C=CC=C.CC/C=C(\[O-])C(=O)O. The molecule has 0 radical (unpaired) electrons. The summed E-state index contributed by atoms with van der Waals surface area (Å²) in [7, 11) is 0. The summed E-state index contributed by atoms with van der Waals surface area (Å²) in [6, 6.07) is 0. The van der Waals surface area contributed by atoms with Crippen molar-refractivity contribution in [3.05, 3.63) is 49.8 Å². The van der Waals surface area contributed by atoms with Gasteiger partial charge < -0.3 is 15.3 Å². The van der Waals surface area contributed by atoms with Crippen LogP contribution in [0.4, 0.5) is 0 Å². The lowest BCUT2D eigenvalue weighted by molar-refractivity contribution is -0.302. The summed E-state index contributed by atoms with van der Waals surface area (Å²) in [6.07, 6.45) is 5.72. The molecule has 0 aromatic rings. The third-order valence-corrected chi connectivity index (χ3v) is 0.942. The molecule has 0 saturated carbocycles. The van der Waals surface area contributed by atoms with Crippen LogP contribution in [0.25, 0.3) is 0 Å². The van der Waals surface area contributed by atoms with E-state index in [9.17, 15) is 14.7 Å². The Hall–Kier alpha value is -2.30. The Morgan fingerprint density at radius 1 is 1.18 bits per heavy atom. The quantitative estimate of drug-likeness (QED) is 0.439. The molecule has 0 aromatic carbocycles. The van der Waals surface area contributed by atoms with Gasteiger partial charge >= 0.3 is 11.9 Å². The summed E-state index contributed by atoms with van der Waals surface area (Å²) in [5.74, 6) is -3.19. The maximum Gasteiger partial charge on any atom is 0.327 e. The number of hydrogen-bond donors (Lipinski definition) is 2. The Morgan fingerprint density at radius 2 is 1.53 bits per heavy atom. The third-order valence-electron chi connectivity index (χ3n) is 0.942. The van der Waals surface area contributed by atoms with Crippen molar-refractivity contribution in [2.45, 2.75) is 13.3 Å². The van der Waals surface area contributed by atoms with Gasteiger partial charge in [-0.25, -0.2) is 9.59 Å². The summed E-state index contributed by atoms with van der Waals surface area (Å²) in [6.45, 7) is 11.4. The first-order chi connectivity index (χ1) is 7.87. The van der Waals surface area contributed by atoms with Gasteiger partial charge in [0.1, 0.15) is 0 Å². The predicted octanol–water partition coefficient (Wildman–Crippen LogP) is 1.34. The fraction of sp³-hybridized carbons (Fsp3) is 0.167. The van der Waals surface area contributed by atoms with E-state index < -0.39 is 17.7 Å². The van der Waals surface area contributed by atoms with Crippen LogP contribution in [0.15, 0.2) is 49.8 Å². The molecule has 0 aliphatic carbocycles. The number of carboxylic acid groups (broad SMARTS) is 2. The molecule has 0 aliphatic heterocycles. The summed E-state index contributed by atoms with van der Waals surface area (Å²) in [5, 5.41) is 25.6. The predicted molar refractivity (Wildman–Crippen MR) is 64.2 cm³/mol. The van der Waals surface area contributed by atoms with Gasteiger partial charge in [-0.2, -0.15) is 0 Å². The van der Waals surface area contributed by atoms with Crippen molar-refractivity contribution in [3.8, 4) is 0 Å². The first-order valence-electron chi connectivity index (χ1n) is 4.56. The number of carboxylic acids is 2. The highest BCUT2D eigenvalue weighted by atomic mass is 16.4. The van der Waals surface area contributed by atoms with E-state index in [2.05, 4.69) is 19.7 Å². The van der Waals surface area contributed by atoms with Gasteiger partial charge in [0.25, 0.3) is 0 Å². The minimum atomic E-state index is -1.38. The maximum atomic E-state index is 10.1. The number of hydrogen-bond acceptors (Lipinski definition) is 3. The van der Waals surface area contributed by atoms with Crippen molar-refractivity contribution in [2.75, 3.05) is 0 Å². The number of rotatable bonds is 4. The zero-order valence-electron chi connectivity index (χ0n) is 9.76. The van der Waals surface area contributed by atoms with Crippen LogP contribution in [0, 0.1) is 0 Å². The first-order valence-corrected chi connectivity index (χ1v) is 4.56. The smallest absolute Gasteiger partial charge is 0.327 e. The number of allylic oxidation sites excluding steroid dienone is 3. The number of aliphatic carboxylic acids is 2. The van der Waals surface area contributed by atoms with E-state index in [0.717, 1.165) is 12.2 Å². The van der Waals surface area contributed by atoms with E-state index in [1.807, 2.05) is 0 Å². The normalized spacial score (nSPS) is 8.41. The molecule has 0 saturated heterocycles. The van der Waals surface area contributed by atoms with Crippen LogP contribution in [0.3, 0.4) is 0 Å². The lowest BCUT2D eigenvalue weighted by Crippen LogP contribution is -2.13. The number of carbonyl (C=O) groups is 2. The molecule has 2 N–H and O–H groups in total. The molecule has 0 atom stereocenters. The molecule has 0 spiro atoms. The van der Waals surface area contributed by atoms with Crippen molar-refractivity contribution in [1.29, 1.82) is 0 Å². The Balaban J connectivity index is -0.000000188. The molecule has 0 aromatic heterocycles. The van der Waals surface area contributed by atoms with Gasteiger partial charge in [-0.15, -0.1) is 0 Å². The zero-order chi connectivity index (χ0) is 14.3. The monoisotopic (exact) mass is 241 g/mol. The first kappa shape index (κ1) is 20.2. The van der Waals surface area contributed by atoms with E-state index in [0.29, 0.717) is 6.42 Å². The highest BCUT2D eigenvalue weighted by Crippen LogP contribution is 1.84. The molecular formula is C12H17O5-. The third kappa shape index (κ3) is 31.6. The van der Waals surface area contributed by atoms with E-state index in [-0.39, 0.29) is 0 Å². The lowest BCUT2D eigenvalue weighted by Gasteiger charge is -2.01. The van der Waals surface area contributed by atoms with Crippen LogP contribution in [0.1, 0.15) is 13.3 Å². The Labute approximate surface area is 101 Å². The molecule has 0 rings (SSSR count). The van der Waals surface area contributed by atoms with Crippen molar-refractivity contribution in [2.24, 2.45) is 0 Å². The molecule has 0 bridgehead atoms. The average molecular weight is 241 g/mol. The average Bonchev–Trinajstić information content (AvgIpc) is 2.30. The molecule has 0 aliphatic rings. The zero-order valence-corrected chi connectivity index (χ0v) is 9.76. The Bertz CT molecular complexity index is 283. The second-order valence-corrected chi connectivity index (χ2v) is 2.30. The second-order valence-electron chi connectivity index (χ2n) is 2.30. The van der Waals surface area contributed by atoms with Gasteiger partial charge in [0.05, 0.1) is 0 Å². The summed E-state index contributed by atoms with van der Waals surface area (Å²) >= 11 is 0. The standard InChI is InChI=1S/C5H8O3.C4H6.C3H4O2/c1-2-3-4(6)5(7)8;1-3-4-2;1-2-3(4)5/h3,6H,2H2,1H3,(H,7,8);3-4H,1-2H2;2H,1H2,(H,4,5)/p-1/b4-3-;;. The van der Waals surface area contributed by atoms with Crippen LogP contribution in [-0.2, 0) is 9.59 Å². The van der Waals surface area contributed by atoms with Crippen LogP contribution >= 0.6 is 0 Å². The maximum absolute atomic E-state index is 10.1. The van der Waals surface area contributed by atoms with Gasteiger partial charge in [-0.3, -0.25) is 0 Å². The van der Waals surface area contributed by atoms with Gasteiger partial charge in [0.15, 0.2) is 0 Å². The van der Waals surface area contributed by atoms with Crippen LogP contribution < -0.4 is 5.11 Å². The van der Waals surface area contributed by atoms with E-state index in [1.54, 1.807) is 19.1 Å². The molecule has 17 heavy (non-hydrogen) atoms. The van der Waals surface area contributed by atoms with Gasteiger partial charge in [-0.05, 0) is 12.2 Å². The van der Waals surface area contributed by atoms with Crippen molar-refractivity contribution in [3.63, 3.8) is 0 Å². The van der Waals surface area contributed by atoms with Crippen molar-refractivity contribution < 1.29 is 24.9 Å². The Morgan fingerprint density at radius 3 is 1.59 bits per heavy atom. The molecular weight excluding hydrogens is 224 g/mol. The molecule has 0 unspecified atom stereocenters. The topological polar surface area (TPSA) is 97.7 Å². The minimum absolute atomic E-state index is 0.477. The lowest BCUT2D eigenvalue weighted by atomic mass is 10.4. The molecule has 5 heteroatoms. The Kier molecular flexibility index (Phi) is 19.1. The summed E-state index contributed by atoms with van der Waals surface area (Å²) < 4.78 is 0. The van der Waals surface area contributed by atoms with E-state index in [1.165, 1.54) is 0 Å². The van der Waals surface area contributed by atoms with Crippen molar-refractivity contribution in [1.82, 2.24) is 0 Å². The fourth-order valence-electron chi connectivity index (χ4n) is 0.273. The summed E-state index contributed by atoms with van der Waals surface area (Å²) in [5.41, 5.74) is 0. The molecule has 5 nitrogen and oxygen atoms in total. The fourth-order valence-corrected chi connectivity index (χ4v) is 0.273. The second kappa shape index (κ2) is 16.1. The van der Waals surface area contributed by atoms with Gasteiger partial charge in [0.2, 0.25) is 0 Å². The summed E-state index contributed by atoms with van der Waals surface area (Å²) in [4.78, 5) is 19.0. The molecule has 0 fully saturated rings. The van der Waals surface area contributed by atoms with Crippen LogP contribution in [-0.4, -0.2) is 22.2 Å². The minimum Gasteiger partial charge on any atom is -0.868 e. The highest BCUT2D eigenvalue weighted by molar-refractivity contribution is 5.82. The van der Waals surface area contributed by atoms with Gasteiger partial charge in [0, 0.05) is 6.08 Å². The molecule has 0 amide bonds.